The van der Waals surface area contributed by atoms with Crippen molar-refractivity contribution >= 4 is 30.0 Å². The van der Waals surface area contributed by atoms with E-state index in [2.05, 4.69) is 31.3 Å². The number of hydrogen-bond acceptors (Lipinski definition) is 10. The van der Waals surface area contributed by atoms with E-state index in [4.69, 9.17) is 14.2 Å². The second kappa shape index (κ2) is 21.6. The Balaban J connectivity index is 2.01. The number of amides is 4. The fourth-order valence-corrected chi connectivity index (χ4v) is 6.28. The van der Waals surface area contributed by atoms with Crippen LogP contribution in [0, 0.1) is 17.8 Å². The molecule has 1 aromatic carbocycles. The summed E-state index contributed by atoms with van der Waals surface area (Å²) in [6.45, 7) is 7.71. The Morgan fingerprint density at radius 3 is 2.04 bits per heavy atom. The third-order valence-corrected chi connectivity index (χ3v) is 9.20. The largest absolute Gasteiger partial charge is 0.459 e. The Labute approximate surface area is 306 Å². The zero-order valence-corrected chi connectivity index (χ0v) is 31.3. The Kier molecular flexibility index (Phi) is 17.4. The molecule has 4 unspecified atom stereocenters. The number of H-pyrrole nitrogens is 1. The molecule has 288 valence electrons. The number of nitrogens with one attached hydrogen (secondary N) is 5. The molecule has 1 fully saturated rings. The number of carbonyl (C=O) groups is 5. The van der Waals surface area contributed by atoms with Crippen molar-refractivity contribution in [3.05, 3.63) is 54.1 Å². The molecule has 15 heteroatoms. The highest BCUT2D eigenvalue weighted by molar-refractivity contribution is 5.86. The van der Waals surface area contributed by atoms with Gasteiger partial charge < -0.3 is 35.1 Å². The van der Waals surface area contributed by atoms with Gasteiger partial charge in [-0.3, -0.25) is 19.8 Å². The van der Waals surface area contributed by atoms with E-state index in [1.54, 1.807) is 25.1 Å². The number of esters is 1. The summed E-state index contributed by atoms with van der Waals surface area (Å²) < 4.78 is 15.8. The Morgan fingerprint density at radius 1 is 0.865 bits per heavy atom. The molecule has 2 aromatic rings. The lowest BCUT2D eigenvalue weighted by Crippen LogP contribution is -2.60. The molecule has 0 bridgehead atoms. The van der Waals surface area contributed by atoms with Gasteiger partial charge in [0.2, 0.25) is 5.91 Å². The van der Waals surface area contributed by atoms with Crippen LogP contribution in [0.1, 0.15) is 77.5 Å². The van der Waals surface area contributed by atoms with Gasteiger partial charge in [-0.1, -0.05) is 77.3 Å². The number of carbonyl (C=O) groups excluding carboxylic acids is 5. The molecule has 1 aliphatic carbocycles. The van der Waals surface area contributed by atoms with Crippen LogP contribution in [0.2, 0.25) is 0 Å². The third-order valence-electron chi connectivity index (χ3n) is 9.20. The summed E-state index contributed by atoms with van der Waals surface area (Å²) in [5.74, 6) is -1.75. The fraction of sp³-hybridized carbons (Fsp3) is 0.622. The van der Waals surface area contributed by atoms with Crippen molar-refractivity contribution in [3.63, 3.8) is 0 Å². The summed E-state index contributed by atoms with van der Waals surface area (Å²) >= 11 is 0. The molecule has 1 heterocycles. The Morgan fingerprint density at radius 2 is 1.48 bits per heavy atom. The van der Waals surface area contributed by atoms with Crippen LogP contribution in [0.5, 0.6) is 0 Å². The SMILES string of the molecule is COC(=O)NC(C(=O)NC(Cc1ccccc1)C(CN(CC1CCCCC1)NC(=O)C(NC(=O)OC)C(C)C)OC(=O)CCc1cnc[nH]1)C(C)C. The van der Waals surface area contributed by atoms with E-state index >= 15 is 0 Å². The second-order valence-electron chi connectivity index (χ2n) is 14.0. The van der Waals surface area contributed by atoms with E-state index in [0.29, 0.717) is 13.0 Å². The standard InChI is InChI=1S/C37H57N7O8/c1-24(2)32(41-36(48)50-5)34(46)40-29(19-26-13-9-7-10-14-26)30(52-31(45)18-17-28-20-38-23-39-28)22-44(21-27-15-11-8-12-16-27)43-35(47)33(25(3)4)42-37(49)51-6/h7,9-10,13-14,20,23-25,27,29-30,32-33H,8,11-12,15-19,21-22H2,1-6H3,(H,38,39)(H,40,46)(H,41,48)(H,42,49)(H,43,47). The molecule has 4 amide bonds. The number of methoxy groups -OCH3 is 2. The van der Waals surface area contributed by atoms with Crippen molar-refractivity contribution in [1.29, 1.82) is 0 Å². The van der Waals surface area contributed by atoms with Crippen LogP contribution in [-0.2, 0) is 41.4 Å². The van der Waals surface area contributed by atoms with Crippen molar-refractivity contribution in [1.82, 2.24) is 36.4 Å². The zero-order valence-electron chi connectivity index (χ0n) is 31.3. The average molecular weight is 728 g/mol. The molecule has 15 nitrogen and oxygen atoms in total. The topological polar surface area (TPSA) is 193 Å². The van der Waals surface area contributed by atoms with Crippen LogP contribution >= 0.6 is 0 Å². The normalized spacial score (nSPS) is 15.6. The van der Waals surface area contributed by atoms with Crippen LogP contribution < -0.4 is 21.4 Å². The highest BCUT2D eigenvalue weighted by atomic mass is 16.5. The molecule has 3 rings (SSSR count). The molecule has 0 spiro atoms. The van der Waals surface area contributed by atoms with E-state index < -0.39 is 54.2 Å². The summed E-state index contributed by atoms with van der Waals surface area (Å²) in [6, 6.07) is 6.83. The molecule has 0 radical (unpaired) electrons. The Hall–Kier alpha value is -4.66. The predicted molar refractivity (Wildman–Crippen MR) is 193 cm³/mol. The highest BCUT2D eigenvalue weighted by Gasteiger charge is 2.35. The maximum atomic E-state index is 13.9. The van der Waals surface area contributed by atoms with E-state index in [0.717, 1.165) is 43.4 Å². The minimum Gasteiger partial charge on any atom is -0.459 e. The summed E-state index contributed by atoms with van der Waals surface area (Å²) in [5, 5.41) is 10.1. The molecule has 1 saturated carbocycles. The summed E-state index contributed by atoms with van der Waals surface area (Å²) in [4.78, 5) is 72.7. The Bertz CT molecular complexity index is 1400. The number of ether oxygens (including phenoxy) is 3. The maximum absolute atomic E-state index is 13.9. The van der Waals surface area contributed by atoms with Gasteiger partial charge in [0.15, 0.2) is 0 Å². The average Bonchev–Trinajstić information content (AvgIpc) is 3.65. The molecular weight excluding hydrogens is 670 g/mol. The predicted octanol–water partition coefficient (Wildman–Crippen LogP) is 3.66. The van der Waals surface area contributed by atoms with Gasteiger partial charge in [-0.15, -0.1) is 0 Å². The van der Waals surface area contributed by atoms with Crippen molar-refractivity contribution in [3.8, 4) is 0 Å². The molecule has 4 atom stereocenters. The number of rotatable bonds is 19. The molecule has 1 aliphatic rings. The number of aromatic nitrogens is 2. The smallest absolute Gasteiger partial charge is 0.407 e. The van der Waals surface area contributed by atoms with Crippen LogP contribution in [-0.4, -0.2) is 96.5 Å². The minimum absolute atomic E-state index is 0.0234. The number of hydrazine groups is 1. The van der Waals surface area contributed by atoms with E-state index in [1.807, 2.05) is 44.2 Å². The lowest BCUT2D eigenvalue weighted by Gasteiger charge is -2.36. The number of imidazole rings is 1. The molecule has 5 N–H and O–H groups in total. The summed E-state index contributed by atoms with van der Waals surface area (Å²) in [7, 11) is 2.46. The van der Waals surface area contributed by atoms with Gasteiger partial charge in [0.05, 0.1) is 39.6 Å². The number of aryl methyl sites for hydroxylation is 1. The number of hydrogen-bond donors (Lipinski definition) is 5. The fourth-order valence-electron chi connectivity index (χ4n) is 6.28. The van der Waals surface area contributed by atoms with Gasteiger partial charge in [0.1, 0.15) is 18.2 Å². The van der Waals surface area contributed by atoms with Gasteiger partial charge in [0.25, 0.3) is 5.91 Å². The molecule has 1 aromatic heterocycles. The van der Waals surface area contributed by atoms with Gasteiger partial charge in [-0.2, -0.15) is 0 Å². The van der Waals surface area contributed by atoms with E-state index in [1.165, 1.54) is 20.5 Å². The van der Waals surface area contributed by atoms with Gasteiger partial charge >= 0.3 is 18.2 Å². The highest BCUT2D eigenvalue weighted by Crippen LogP contribution is 2.25. The first kappa shape index (κ1) is 41.8. The first-order chi connectivity index (χ1) is 24.9. The number of aromatic amines is 1. The molecule has 0 saturated heterocycles. The summed E-state index contributed by atoms with van der Waals surface area (Å²) in [6.07, 6.45) is 6.60. The number of nitrogens with zero attached hydrogens (tertiary/aromatic N) is 2. The summed E-state index contributed by atoms with van der Waals surface area (Å²) in [5.41, 5.74) is 4.65. The van der Waals surface area contributed by atoms with E-state index in [9.17, 15) is 24.0 Å². The quantitative estimate of drug-likeness (QED) is 0.0811. The second-order valence-corrected chi connectivity index (χ2v) is 14.0. The van der Waals surface area contributed by atoms with Gasteiger partial charge in [-0.05, 0) is 49.0 Å². The monoisotopic (exact) mass is 727 g/mol. The first-order valence-corrected chi connectivity index (χ1v) is 18.2. The van der Waals surface area contributed by atoms with E-state index in [-0.39, 0.29) is 37.1 Å². The third kappa shape index (κ3) is 14.2. The maximum Gasteiger partial charge on any atom is 0.407 e. The molecule has 52 heavy (non-hydrogen) atoms. The number of benzene rings is 1. The number of alkyl carbamates (subject to hydrolysis) is 2. The van der Waals surface area contributed by atoms with Crippen LogP contribution in [0.25, 0.3) is 0 Å². The van der Waals surface area contributed by atoms with Crippen LogP contribution in [0.3, 0.4) is 0 Å². The minimum atomic E-state index is -0.959. The van der Waals surface area contributed by atoms with Gasteiger partial charge in [0, 0.05) is 18.4 Å². The van der Waals surface area contributed by atoms with Crippen molar-refractivity contribution in [2.24, 2.45) is 17.8 Å². The molecule has 0 aliphatic heterocycles. The first-order valence-electron chi connectivity index (χ1n) is 18.2. The van der Waals surface area contributed by atoms with Crippen LogP contribution in [0.15, 0.2) is 42.9 Å². The van der Waals surface area contributed by atoms with Crippen LogP contribution in [0.4, 0.5) is 9.59 Å². The molecular formula is C37H57N7O8. The lowest BCUT2D eigenvalue weighted by atomic mass is 9.89. The van der Waals surface area contributed by atoms with Crippen molar-refractivity contribution in [2.75, 3.05) is 27.3 Å². The van der Waals surface area contributed by atoms with Crippen molar-refractivity contribution in [2.45, 2.75) is 103 Å². The zero-order chi connectivity index (χ0) is 38.0. The lowest BCUT2D eigenvalue weighted by molar-refractivity contribution is -0.154. The van der Waals surface area contributed by atoms with Crippen molar-refractivity contribution < 1.29 is 38.2 Å². The van der Waals surface area contributed by atoms with Gasteiger partial charge in [-0.25, -0.2) is 19.6 Å².